The fourth-order valence-corrected chi connectivity index (χ4v) is 6.69. The second-order valence-corrected chi connectivity index (χ2v) is 16.2. The molecule has 0 aromatic carbocycles. The molecule has 0 aliphatic carbocycles. The van der Waals surface area contributed by atoms with Gasteiger partial charge in [-0.25, -0.2) is 4.57 Å². The number of ether oxygens (including phenoxy) is 3. The summed E-state index contributed by atoms with van der Waals surface area (Å²) in [5.41, 5.74) is 0. The monoisotopic (exact) mass is 813 g/mol. The molecule has 3 unspecified atom stereocenters. The molecule has 324 valence electrons. The van der Waals surface area contributed by atoms with Crippen LogP contribution in [0.5, 0.6) is 0 Å². The summed E-state index contributed by atoms with van der Waals surface area (Å²) in [5, 5.41) is 18.3. The average Bonchev–Trinajstić information content (AvgIpc) is 3.94. The molecule has 3 N–H and O–H groups in total. The molecule has 0 aromatic rings. The van der Waals surface area contributed by atoms with Crippen LogP contribution in [-0.4, -0.2) is 77.9 Å². The Kier molecular flexibility index (Phi) is 33.4. The van der Waals surface area contributed by atoms with Gasteiger partial charge in [0, 0.05) is 12.8 Å². The lowest BCUT2D eigenvalue weighted by Gasteiger charge is -2.20. The summed E-state index contributed by atoms with van der Waals surface area (Å²) >= 11 is 0. The fraction of sp³-hybridized carbons (Fsp3) is 0.773. The molecule has 1 rings (SSSR count). The Hall–Kier alpha value is -2.11. The second kappa shape index (κ2) is 36.0. The van der Waals surface area contributed by atoms with Crippen molar-refractivity contribution in [2.75, 3.05) is 26.4 Å². The number of aliphatic hydroxyl groups is 2. The number of carbonyl (C=O) groups is 2. The number of esters is 2. The number of allylic oxidation sites excluding steroid dienone is 7. The van der Waals surface area contributed by atoms with Crippen LogP contribution in [0.15, 0.2) is 48.6 Å². The van der Waals surface area contributed by atoms with Gasteiger partial charge in [0.1, 0.15) is 12.7 Å². The van der Waals surface area contributed by atoms with E-state index in [0.29, 0.717) is 31.5 Å². The van der Waals surface area contributed by atoms with Crippen LogP contribution in [-0.2, 0) is 37.4 Å². The first-order valence-electron chi connectivity index (χ1n) is 21.7. The van der Waals surface area contributed by atoms with Crippen LogP contribution in [0, 0.1) is 0 Å². The Bertz CT molecular complexity index is 1140. The highest BCUT2D eigenvalue weighted by molar-refractivity contribution is 7.47. The summed E-state index contributed by atoms with van der Waals surface area (Å²) in [5.74, 6) is -1.01. The topological polar surface area (TPSA) is 161 Å². The zero-order valence-corrected chi connectivity index (χ0v) is 35.7. The normalized spacial score (nSPS) is 17.9. The molecule has 5 atom stereocenters. The van der Waals surface area contributed by atoms with Crippen molar-refractivity contribution in [1.29, 1.82) is 0 Å². The van der Waals surface area contributed by atoms with Crippen LogP contribution in [0.1, 0.15) is 168 Å². The van der Waals surface area contributed by atoms with Crippen molar-refractivity contribution in [3.63, 3.8) is 0 Å². The summed E-state index contributed by atoms with van der Waals surface area (Å²) in [6.07, 6.45) is 39.7. The number of aliphatic hydroxyl groups excluding tert-OH is 2. The third kappa shape index (κ3) is 32.9. The van der Waals surface area contributed by atoms with E-state index in [-0.39, 0.29) is 19.4 Å². The Balaban J connectivity index is 2.30. The molecular weight excluding hydrogens is 735 g/mol. The molecule has 1 aliphatic rings. The smallest absolute Gasteiger partial charge is 0.462 e. The Morgan fingerprint density at radius 2 is 1.18 bits per heavy atom. The number of phosphoric acid groups is 1. The molecule has 0 aromatic heterocycles. The maximum atomic E-state index is 12.6. The number of epoxide rings is 1. The van der Waals surface area contributed by atoms with E-state index in [1.807, 2.05) is 12.2 Å². The Labute approximate surface area is 338 Å². The zero-order chi connectivity index (χ0) is 41.0. The van der Waals surface area contributed by atoms with Crippen molar-refractivity contribution in [3.8, 4) is 0 Å². The van der Waals surface area contributed by atoms with Crippen molar-refractivity contribution in [1.82, 2.24) is 0 Å². The first-order valence-corrected chi connectivity index (χ1v) is 23.2. The van der Waals surface area contributed by atoms with Crippen molar-refractivity contribution in [2.45, 2.75) is 192 Å². The molecule has 0 bridgehead atoms. The quantitative estimate of drug-likeness (QED) is 0.0178. The molecule has 0 spiro atoms. The molecule has 1 aliphatic heterocycles. The van der Waals surface area contributed by atoms with Crippen LogP contribution in [0.4, 0.5) is 0 Å². The van der Waals surface area contributed by atoms with E-state index in [9.17, 15) is 24.2 Å². The lowest BCUT2D eigenvalue weighted by molar-refractivity contribution is -0.161. The Morgan fingerprint density at radius 1 is 0.643 bits per heavy atom. The highest BCUT2D eigenvalue weighted by atomic mass is 31.2. The van der Waals surface area contributed by atoms with Crippen LogP contribution in [0.3, 0.4) is 0 Å². The first kappa shape index (κ1) is 51.9. The maximum absolute atomic E-state index is 12.6. The maximum Gasteiger partial charge on any atom is 0.472 e. The number of hydrogen-bond acceptors (Lipinski definition) is 10. The van der Waals surface area contributed by atoms with Gasteiger partial charge in [-0.1, -0.05) is 133 Å². The third-order valence-corrected chi connectivity index (χ3v) is 10.3. The number of rotatable bonds is 39. The molecule has 11 nitrogen and oxygen atoms in total. The number of carbonyl (C=O) groups excluding carboxylic acids is 2. The summed E-state index contributed by atoms with van der Waals surface area (Å²) < 4.78 is 38.4. The van der Waals surface area contributed by atoms with Gasteiger partial charge in [-0.2, -0.15) is 0 Å². The number of unbranched alkanes of at least 4 members (excludes halogenated alkanes) is 14. The van der Waals surface area contributed by atoms with Gasteiger partial charge in [-0.3, -0.25) is 18.6 Å². The molecule has 0 saturated carbocycles. The lowest BCUT2D eigenvalue weighted by atomic mass is 10.1. The van der Waals surface area contributed by atoms with Crippen molar-refractivity contribution in [3.05, 3.63) is 48.6 Å². The molecular formula is C44H77O11P. The van der Waals surface area contributed by atoms with Gasteiger partial charge < -0.3 is 29.3 Å². The zero-order valence-electron chi connectivity index (χ0n) is 34.8. The molecule has 1 heterocycles. The van der Waals surface area contributed by atoms with E-state index in [1.54, 1.807) is 0 Å². The lowest BCUT2D eigenvalue weighted by Crippen LogP contribution is -2.29. The van der Waals surface area contributed by atoms with Gasteiger partial charge >= 0.3 is 19.8 Å². The molecule has 1 fully saturated rings. The van der Waals surface area contributed by atoms with E-state index in [4.69, 9.17) is 23.8 Å². The first-order chi connectivity index (χ1) is 27.2. The van der Waals surface area contributed by atoms with Gasteiger partial charge in [0.15, 0.2) is 6.10 Å². The van der Waals surface area contributed by atoms with E-state index in [0.717, 1.165) is 57.8 Å². The van der Waals surface area contributed by atoms with Crippen molar-refractivity contribution < 1.29 is 52.5 Å². The highest BCUT2D eigenvalue weighted by Gasteiger charge is 2.36. The Morgan fingerprint density at radius 3 is 1.86 bits per heavy atom. The van der Waals surface area contributed by atoms with E-state index in [2.05, 4.69) is 54.8 Å². The SMILES string of the molecule is CCCCCCCC/C=C\CCCCCCCC(=O)OC[C@H](COP(=O)(O)OC[C@@H](O)CO)OC(=O)CCC/C=C\C/C=C\C/C=C\CC1OC1CCCCC. The summed E-state index contributed by atoms with van der Waals surface area (Å²) in [4.78, 5) is 35.0. The number of phosphoric ester groups is 1. The second-order valence-electron chi connectivity index (χ2n) is 14.7. The molecule has 12 heteroatoms. The van der Waals surface area contributed by atoms with E-state index in [1.165, 1.54) is 64.2 Å². The standard InChI is InChI=1S/C44H77O11P/c1-3-5-7-8-9-10-11-12-13-14-15-19-22-25-29-33-43(47)51-37-40(38-53-56(49,50)52-36-39(46)35-45)54-44(48)34-30-26-23-20-17-16-18-21-24-28-32-42-41(55-42)31-27-6-4-2/h12-13,16,18,20,23-24,28,39-42,45-46H,3-11,14-15,17,19,21-22,25-27,29-38H2,1-2H3,(H,49,50)/b13-12-,18-16-,23-20-,28-24-/t39-,40+,41?,42?/m0/s1. The predicted molar refractivity (Wildman–Crippen MR) is 223 cm³/mol. The van der Waals surface area contributed by atoms with Crippen molar-refractivity contribution >= 4 is 19.8 Å². The van der Waals surface area contributed by atoms with Gasteiger partial charge in [0.25, 0.3) is 0 Å². The highest BCUT2D eigenvalue weighted by Crippen LogP contribution is 2.43. The van der Waals surface area contributed by atoms with Gasteiger partial charge in [-0.15, -0.1) is 0 Å². The van der Waals surface area contributed by atoms with Crippen LogP contribution in [0.25, 0.3) is 0 Å². The van der Waals surface area contributed by atoms with Crippen LogP contribution in [0.2, 0.25) is 0 Å². The minimum absolute atomic E-state index is 0.102. The van der Waals surface area contributed by atoms with E-state index < -0.39 is 51.8 Å². The summed E-state index contributed by atoms with van der Waals surface area (Å²) in [6, 6.07) is 0. The minimum Gasteiger partial charge on any atom is -0.462 e. The predicted octanol–water partition coefficient (Wildman–Crippen LogP) is 10.3. The van der Waals surface area contributed by atoms with Gasteiger partial charge in [-0.05, 0) is 70.6 Å². The van der Waals surface area contributed by atoms with Gasteiger partial charge in [0.2, 0.25) is 0 Å². The van der Waals surface area contributed by atoms with Crippen LogP contribution >= 0.6 is 7.82 Å². The summed E-state index contributed by atoms with van der Waals surface area (Å²) in [7, 11) is -4.64. The van der Waals surface area contributed by atoms with Crippen LogP contribution < -0.4 is 0 Å². The average molecular weight is 813 g/mol. The molecule has 0 amide bonds. The van der Waals surface area contributed by atoms with E-state index >= 15 is 0 Å². The summed E-state index contributed by atoms with van der Waals surface area (Å²) in [6.45, 7) is 2.26. The minimum atomic E-state index is -4.64. The van der Waals surface area contributed by atoms with Gasteiger partial charge in [0.05, 0.1) is 32.0 Å². The van der Waals surface area contributed by atoms with Crippen molar-refractivity contribution in [2.24, 2.45) is 0 Å². The molecule has 1 saturated heterocycles. The fourth-order valence-electron chi connectivity index (χ4n) is 5.90. The molecule has 0 radical (unpaired) electrons. The molecule has 56 heavy (non-hydrogen) atoms. The largest absolute Gasteiger partial charge is 0.472 e. The third-order valence-electron chi connectivity index (χ3n) is 9.38. The number of hydrogen-bond donors (Lipinski definition) is 3.